The quantitative estimate of drug-likeness (QED) is 0.299. The number of H-pyrrole nitrogens is 2. The van der Waals surface area contributed by atoms with Crippen LogP contribution in [0.5, 0.6) is 0 Å². The van der Waals surface area contributed by atoms with Gasteiger partial charge in [0.05, 0.1) is 29.3 Å². The first kappa shape index (κ1) is 23.0. The molecule has 1 aliphatic heterocycles. The first-order valence-electron chi connectivity index (χ1n) is 12.0. The number of aromatic carboxylic acids is 1. The fourth-order valence-corrected chi connectivity index (χ4v) is 5.27. The van der Waals surface area contributed by atoms with Crippen LogP contribution in [-0.2, 0) is 6.42 Å². The molecule has 0 unspecified atom stereocenters. The molecule has 0 amide bonds. The van der Waals surface area contributed by atoms with Gasteiger partial charge in [-0.05, 0) is 53.2 Å². The van der Waals surface area contributed by atoms with E-state index in [1.807, 2.05) is 18.2 Å². The van der Waals surface area contributed by atoms with E-state index in [9.17, 15) is 14.7 Å². The summed E-state index contributed by atoms with van der Waals surface area (Å²) in [5.41, 5.74) is 4.06. The van der Waals surface area contributed by atoms with Crippen LogP contribution in [0.3, 0.4) is 0 Å². The largest absolute Gasteiger partial charge is 0.477 e. The highest BCUT2D eigenvalue weighted by molar-refractivity contribution is 6.31. The maximum absolute atomic E-state index is 13.4. The predicted molar refractivity (Wildman–Crippen MR) is 141 cm³/mol. The highest BCUT2D eigenvalue weighted by atomic mass is 35.5. The Kier molecular flexibility index (Phi) is 5.16. The number of tetrazole rings is 1. The van der Waals surface area contributed by atoms with Crippen molar-refractivity contribution < 1.29 is 9.90 Å². The highest BCUT2D eigenvalue weighted by Crippen LogP contribution is 2.33. The average molecular weight is 540 g/mol. The van der Waals surface area contributed by atoms with E-state index >= 15 is 0 Å². The molecule has 39 heavy (non-hydrogen) atoms. The van der Waals surface area contributed by atoms with E-state index in [1.54, 1.807) is 35.0 Å². The molecule has 0 spiro atoms. The third-order valence-electron chi connectivity index (χ3n) is 6.88. The maximum Gasteiger partial charge on any atom is 0.352 e. The van der Waals surface area contributed by atoms with Crippen molar-refractivity contribution >= 4 is 28.5 Å². The Morgan fingerprint density at radius 1 is 1.10 bits per heavy atom. The fourth-order valence-electron chi connectivity index (χ4n) is 5.09. The number of hydrogen-bond acceptors (Lipinski definition) is 7. The van der Waals surface area contributed by atoms with E-state index < -0.39 is 5.97 Å². The number of carboxylic acid groups (broad SMARTS) is 1. The van der Waals surface area contributed by atoms with Crippen LogP contribution in [0.2, 0.25) is 5.02 Å². The SMILES string of the molecule is O=C(O)c1cc2cc(-c3cnc([C@@H]4CCc5nc(-c6cc(Cl)ccc6-n6cnnn6)cc(=O)n54)[nH]3)ccc2[nH]1. The second-order valence-electron chi connectivity index (χ2n) is 9.21. The van der Waals surface area contributed by atoms with Crippen LogP contribution in [0.25, 0.3) is 39.1 Å². The van der Waals surface area contributed by atoms with Crippen LogP contribution in [0, 0.1) is 0 Å². The topological polar surface area (TPSA) is 160 Å². The molecule has 7 rings (SSSR count). The van der Waals surface area contributed by atoms with Crippen molar-refractivity contribution in [1.29, 1.82) is 0 Å². The summed E-state index contributed by atoms with van der Waals surface area (Å²) in [4.78, 5) is 40.3. The minimum Gasteiger partial charge on any atom is -0.477 e. The van der Waals surface area contributed by atoms with E-state index in [2.05, 4.69) is 30.5 Å². The molecule has 4 aromatic heterocycles. The standard InChI is InChI=1S/C26H18ClN9O3/c27-15-2-4-21(35-12-29-33-34-35)16(9-15)18-10-24(37)36-22(5-6-23(36)31-18)25-28-11-20(32-25)13-1-3-17-14(7-13)8-19(30-17)26(38)39/h1-4,7-12,22,30H,5-6H2,(H,28,32)(H,38,39)/t22-/m0/s1. The molecule has 0 bridgehead atoms. The van der Waals surface area contributed by atoms with E-state index in [0.717, 1.165) is 22.2 Å². The number of carboxylic acids is 1. The molecule has 0 aliphatic carbocycles. The van der Waals surface area contributed by atoms with Crippen LogP contribution in [0.4, 0.5) is 0 Å². The number of aromatic amines is 2. The van der Waals surface area contributed by atoms with Crippen molar-refractivity contribution in [3.63, 3.8) is 0 Å². The summed E-state index contributed by atoms with van der Waals surface area (Å²) in [5.74, 6) is 0.289. The van der Waals surface area contributed by atoms with Crippen molar-refractivity contribution in [2.75, 3.05) is 0 Å². The van der Waals surface area contributed by atoms with Gasteiger partial charge in [0.25, 0.3) is 5.56 Å². The van der Waals surface area contributed by atoms with Crippen LogP contribution in [0.15, 0.2) is 65.8 Å². The Balaban J connectivity index is 1.23. The molecule has 12 nitrogen and oxygen atoms in total. The minimum atomic E-state index is -1.01. The molecule has 13 heteroatoms. The molecular weight excluding hydrogens is 522 g/mol. The summed E-state index contributed by atoms with van der Waals surface area (Å²) in [6, 6.07) is 13.7. The minimum absolute atomic E-state index is 0.129. The third-order valence-corrected chi connectivity index (χ3v) is 7.12. The van der Waals surface area contributed by atoms with Crippen LogP contribution >= 0.6 is 11.6 Å². The smallest absolute Gasteiger partial charge is 0.352 e. The van der Waals surface area contributed by atoms with Gasteiger partial charge < -0.3 is 15.1 Å². The molecule has 0 fully saturated rings. The molecule has 2 aromatic carbocycles. The number of aryl methyl sites for hydroxylation is 1. The van der Waals surface area contributed by atoms with Gasteiger partial charge in [0.1, 0.15) is 23.7 Å². The Labute approximate surface area is 223 Å². The average Bonchev–Trinajstić information content (AvgIpc) is 3.73. The number of carbonyl (C=O) groups is 1. The van der Waals surface area contributed by atoms with Crippen molar-refractivity contribution in [1.82, 2.24) is 44.7 Å². The number of fused-ring (bicyclic) bond motifs is 2. The summed E-state index contributed by atoms with van der Waals surface area (Å²) in [6.07, 6.45) is 4.44. The Hall–Kier alpha value is -5.10. The number of hydrogen-bond donors (Lipinski definition) is 3. The zero-order valence-electron chi connectivity index (χ0n) is 20.0. The summed E-state index contributed by atoms with van der Waals surface area (Å²) >= 11 is 6.28. The molecule has 1 aliphatic rings. The summed E-state index contributed by atoms with van der Waals surface area (Å²) in [7, 11) is 0. The Morgan fingerprint density at radius 2 is 2.00 bits per heavy atom. The van der Waals surface area contributed by atoms with Gasteiger partial charge in [0.2, 0.25) is 0 Å². The van der Waals surface area contributed by atoms with Crippen LogP contribution in [0.1, 0.15) is 34.6 Å². The fraction of sp³-hybridized carbons (Fsp3) is 0.115. The van der Waals surface area contributed by atoms with E-state index in [1.165, 1.54) is 17.1 Å². The van der Waals surface area contributed by atoms with Gasteiger partial charge in [-0.25, -0.2) is 14.8 Å². The Morgan fingerprint density at radius 3 is 2.82 bits per heavy atom. The first-order chi connectivity index (χ1) is 18.9. The third kappa shape index (κ3) is 3.89. The number of imidazole rings is 1. The highest BCUT2D eigenvalue weighted by Gasteiger charge is 2.29. The second-order valence-corrected chi connectivity index (χ2v) is 9.64. The van der Waals surface area contributed by atoms with Crippen molar-refractivity contribution in [2.24, 2.45) is 0 Å². The van der Waals surface area contributed by atoms with Gasteiger partial charge >= 0.3 is 5.97 Å². The van der Waals surface area contributed by atoms with Gasteiger partial charge in [-0.2, -0.15) is 4.68 Å². The summed E-state index contributed by atoms with van der Waals surface area (Å²) in [6.45, 7) is 0. The molecule has 3 N–H and O–H groups in total. The van der Waals surface area contributed by atoms with E-state index in [0.29, 0.717) is 46.5 Å². The normalized spacial score (nSPS) is 14.6. The van der Waals surface area contributed by atoms with Crippen molar-refractivity contribution in [3.05, 3.63) is 93.8 Å². The van der Waals surface area contributed by atoms with Gasteiger partial charge in [-0.3, -0.25) is 9.36 Å². The monoisotopic (exact) mass is 539 g/mol. The number of nitrogens with one attached hydrogen (secondary N) is 2. The first-order valence-corrected chi connectivity index (χ1v) is 12.4. The Bertz CT molecular complexity index is 1960. The maximum atomic E-state index is 13.4. The number of aromatic nitrogens is 9. The summed E-state index contributed by atoms with van der Waals surface area (Å²) in [5, 5.41) is 21.9. The molecule has 0 saturated carbocycles. The molecule has 0 saturated heterocycles. The summed E-state index contributed by atoms with van der Waals surface area (Å²) < 4.78 is 3.17. The van der Waals surface area contributed by atoms with E-state index in [-0.39, 0.29) is 17.3 Å². The lowest BCUT2D eigenvalue weighted by Crippen LogP contribution is -2.25. The molecule has 192 valence electrons. The number of rotatable bonds is 5. The molecular formula is C26H18ClN9O3. The lowest BCUT2D eigenvalue weighted by molar-refractivity contribution is 0.0691. The molecule has 0 radical (unpaired) electrons. The molecule has 5 heterocycles. The van der Waals surface area contributed by atoms with E-state index in [4.69, 9.17) is 16.6 Å². The van der Waals surface area contributed by atoms with Gasteiger partial charge in [-0.1, -0.05) is 17.7 Å². The second kappa shape index (κ2) is 8.74. The van der Waals surface area contributed by atoms with Crippen LogP contribution in [-0.4, -0.2) is 55.8 Å². The lowest BCUT2D eigenvalue weighted by Gasteiger charge is -2.14. The van der Waals surface area contributed by atoms with Gasteiger partial charge in [0, 0.05) is 39.5 Å². The number of nitrogens with zero attached hydrogens (tertiary/aromatic N) is 7. The van der Waals surface area contributed by atoms with Crippen LogP contribution < -0.4 is 5.56 Å². The molecule has 6 aromatic rings. The number of halogens is 1. The van der Waals surface area contributed by atoms with Gasteiger partial charge in [-0.15, -0.1) is 5.10 Å². The van der Waals surface area contributed by atoms with Crippen molar-refractivity contribution in [2.45, 2.75) is 18.9 Å². The number of benzene rings is 2. The van der Waals surface area contributed by atoms with Gasteiger partial charge in [0.15, 0.2) is 0 Å². The predicted octanol–water partition coefficient (Wildman–Crippen LogP) is 3.64. The zero-order valence-corrected chi connectivity index (χ0v) is 20.8. The zero-order chi connectivity index (χ0) is 26.7. The van der Waals surface area contributed by atoms with Crippen molar-refractivity contribution in [3.8, 4) is 28.2 Å². The molecule has 1 atom stereocenters. The lowest BCUT2D eigenvalue weighted by atomic mass is 10.1.